The zero-order valence-corrected chi connectivity index (χ0v) is 11.4. The highest BCUT2D eigenvalue weighted by Gasteiger charge is 2.06. The molecule has 0 unspecified atom stereocenters. The second kappa shape index (κ2) is 8.85. The van der Waals surface area contributed by atoms with Crippen LogP contribution in [-0.4, -0.2) is 19.0 Å². The van der Waals surface area contributed by atoms with Gasteiger partial charge in [-0.2, -0.15) is 0 Å². The van der Waals surface area contributed by atoms with Gasteiger partial charge in [0.1, 0.15) is 12.4 Å². The quantitative estimate of drug-likeness (QED) is 0.540. The molecule has 0 saturated carbocycles. The lowest BCUT2D eigenvalue weighted by Gasteiger charge is -2.12. The Bertz CT molecular complexity index is 339. The summed E-state index contributed by atoms with van der Waals surface area (Å²) in [6.07, 6.45) is 2.20. The van der Waals surface area contributed by atoms with Crippen molar-refractivity contribution in [2.45, 2.75) is 47.0 Å². The molecule has 0 N–H and O–H groups in total. The maximum absolute atomic E-state index is 10.6. The van der Waals surface area contributed by atoms with Gasteiger partial charge >= 0.3 is 0 Å². The Hall–Kier alpha value is -1.25. The molecule has 0 aliphatic rings. The number of carbonyl (C=O) groups is 1. The predicted octanol–water partition coefficient (Wildman–Crippen LogP) is 2.82. The molecule has 0 atom stereocenters. The van der Waals surface area contributed by atoms with E-state index in [4.69, 9.17) is 4.74 Å². The number of hydrogen-bond donors (Lipinski definition) is 0. The molecule has 2 nitrogen and oxygen atoms in total. The van der Waals surface area contributed by atoms with E-state index in [-0.39, 0.29) is 11.2 Å². The van der Waals surface area contributed by atoms with Crippen molar-refractivity contribution in [1.29, 1.82) is 0 Å². The highest BCUT2D eigenvalue weighted by Crippen LogP contribution is 2.16. The largest absolute Gasteiger partial charge is 0.369 e. The Morgan fingerprint density at radius 2 is 1.82 bits per heavy atom. The fraction of sp³-hybridized carbons (Fsp3) is 0.667. The van der Waals surface area contributed by atoms with Gasteiger partial charge in [0.05, 0.1) is 0 Å². The van der Waals surface area contributed by atoms with E-state index >= 15 is 0 Å². The Balaban J connectivity index is 3.53. The number of ether oxygens (including phenoxy) is 1. The third-order valence-electron chi connectivity index (χ3n) is 1.85. The average Bonchev–Trinajstić information content (AvgIpc) is 2.18. The van der Waals surface area contributed by atoms with E-state index in [2.05, 4.69) is 44.5 Å². The van der Waals surface area contributed by atoms with Crippen molar-refractivity contribution in [2.24, 2.45) is 5.41 Å². The lowest BCUT2D eigenvalue weighted by Crippen LogP contribution is -2.01. The Morgan fingerprint density at radius 3 is 2.41 bits per heavy atom. The summed E-state index contributed by atoms with van der Waals surface area (Å²) in [7, 11) is 0. The number of rotatable bonds is 5. The van der Waals surface area contributed by atoms with E-state index < -0.39 is 0 Å². The predicted molar refractivity (Wildman–Crippen MR) is 70.4 cm³/mol. The first-order valence-electron chi connectivity index (χ1n) is 5.95. The molecule has 0 amide bonds. The van der Waals surface area contributed by atoms with Crippen molar-refractivity contribution in [3.05, 3.63) is 0 Å². The van der Waals surface area contributed by atoms with Gasteiger partial charge in [0, 0.05) is 19.4 Å². The summed E-state index contributed by atoms with van der Waals surface area (Å²) in [6, 6.07) is 0. The van der Waals surface area contributed by atoms with Gasteiger partial charge in [0.15, 0.2) is 0 Å². The second-order valence-corrected chi connectivity index (χ2v) is 5.20. The van der Waals surface area contributed by atoms with Crippen molar-refractivity contribution in [1.82, 2.24) is 0 Å². The van der Waals surface area contributed by atoms with Gasteiger partial charge < -0.3 is 9.53 Å². The molecule has 17 heavy (non-hydrogen) atoms. The summed E-state index contributed by atoms with van der Waals surface area (Å²) >= 11 is 0. The van der Waals surface area contributed by atoms with Crippen LogP contribution in [-0.2, 0) is 9.53 Å². The molecular formula is C15H22O2. The van der Waals surface area contributed by atoms with E-state index in [1.807, 2.05) is 0 Å². The molecule has 94 valence electrons. The zero-order valence-electron chi connectivity index (χ0n) is 11.4. The summed E-state index contributed by atoms with van der Waals surface area (Å²) in [5.74, 6) is 11.6. The molecular weight excluding hydrogens is 212 g/mol. The van der Waals surface area contributed by atoms with E-state index in [0.29, 0.717) is 19.6 Å². The van der Waals surface area contributed by atoms with E-state index in [9.17, 15) is 4.79 Å². The lowest BCUT2D eigenvalue weighted by molar-refractivity contribution is -0.117. The average molecular weight is 234 g/mol. The molecule has 0 heterocycles. The topological polar surface area (TPSA) is 26.3 Å². The smallest absolute Gasteiger partial charge is 0.129 e. The van der Waals surface area contributed by atoms with E-state index in [1.54, 1.807) is 6.92 Å². The summed E-state index contributed by atoms with van der Waals surface area (Å²) in [6.45, 7) is 9.00. The van der Waals surface area contributed by atoms with Crippen LogP contribution in [0.2, 0.25) is 0 Å². The monoisotopic (exact) mass is 234 g/mol. The first kappa shape index (κ1) is 15.8. The highest BCUT2D eigenvalue weighted by atomic mass is 16.5. The van der Waals surface area contributed by atoms with Crippen LogP contribution in [0, 0.1) is 29.1 Å². The number of ketones is 1. The molecule has 0 radical (unpaired) electrons. The third-order valence-corrected chi connectivity index (χ3v) is 1.85. The van der Waals surface area contributed by atoms with Crippen LogP contribution in [0.25, 0.3) is 0 Å². The number of Topliss-reactive ketones (excluding diaryl/α,β-unsaturated/α-hetero) is 1. The van der Waals surface area contributed by atoms with Crippen molar-refractivity contribution in [3.8, 4) is 23.7 Å². The molecule has 0 spiro atoms. The van der Waals surface area contributed by atoms with Gasteiger partial charge in [-0.1, -0.05) is 32.6 Å². The van der Waals surface area contributed by atoms with E-state index in [1.165, 1.54) is 0 Å². The molecule has 0 aliphatic carbocycles. The third kappa shape index (κ3) is 14.8. The standard InChI is InChI=1S/C15H22O2/c1-14(16)10-9-13-17-12-8-6-5-7-11-15(2,3)4/h9-13H2,1-4H3. The molecule has 0 aromatic carbocycles. The van der Waals surface area contributed by atoms with Crippen molar-refractivity contribution >= 4 is 5.78 Å². The maximum Gasteiger partial charge on any atom is 0.129 e. The molecule has 0 aromatic heterocycles. The van der Waals surface area contributed by atoms with Crippen LogP contribution in [0.1, 0.15) is 47.0 Å². The van der Waals surface area contributed by atoms with Crippen LogP contribution in [0.15, 0.2) is 0 Å². The molecule has 0 aliphatic heterocycles. The normalized spacial score (nSPS) is 9.88. The van der Waals surface area contributed by atoms with Crippen LogP contribution in [0.3, 0.4) is 0 Å². The first-order valence-corrected chi connectivity index (χ1v) is 5.95. The highest BCUT2D eigenvalue weighted by molar-refractivity contribution is 5.75. The second-order valence-electron chi connectivity index (χ2n) is 5.20. The Morgan fingerprint density at radius 1 is 1.18 bits per heavy atom. The van der Waals surface area contributed by atoms with Crippen LogP contribution in [0.5, 0.6) is 0 Å². The van der Waals surface area contributed by atoms with Gasteiger partial charge in [-0.05, 0) is 30.6 Å². The maximum atomic E-state index is 10.6. The minimum atomic E-state index is 0.202. The Kier molecular flexibility index (Phi) is 8.20. The summed E-state index contributed by atoms with van der Waals surface area (Å²) in [5.41, 5.74) is 0.234. The van der Waals surface area contributed by atoms with Crippen molar-refractivity contribution < 1.29 is 9.53 Å². The summed E-state index contributed by atoms with van der Waals surface area (Å²) in [5, 5.41) is 0. The van der Waals surface area contributed by atoms with Gasteiger partial charge in [0.25, 0.3) is 0 Å². The Labute approximate surface area is 105 Å². The van der Waals surface area contributed by atoms with Crippen LogP contribution in [0.4, 0.5) is 0 Å². The minimum Gasteiger partial charge on any atom is -0.369 e. The summed E-state index contributed by atoms with van der Waals surface area (Å²) in [4.78, 5) is 10.6. The van der Waals surface area contributed by atoms with Gasteiger partial charge in [-0.15, -0.1) is 0 Å². The molecule has 0 saturated heterocycles. The SMILES string of the molecule is CC(=O)CCCOCC#CC#CCC(C)(C)C. The molecule has 0 aromatic rings. The van der Waals surface area contributed by atoms with E-state index in [0.717, 1.165) is 12.8 Å². The van der Waals surface area contributed by atoms with Gasteiger partial charge in [-0.25, -0.2) is 0 Å². The number of hydrogen-bond acceptors (Lipinski definition) is 2. The molecule has 0 fully saturated rings. The molecule has 0 bridgehead atoms. The molecule has 2 heteroatoms. The van der Waals surface area contributed by atoms with Crippen molar-refractivity contribution in [2.75, 3.05) is 13.2 Å². The van der Waals surface area contributed by atoms with Gasteiger partial charge in [-0.3, -0.25) is 0 Å². The number of carbonyl (C=O) groups excluding carboxylic acids is 1. The van der Waals surface area contributed by atoms with Crippen LogP contribution < -0.4 is 0 Å². The fourth-order valence-electron chi connectivity index (χ4n) is 0.980. The zero-order chi connectivity index (χ0) is 13.1. The molecule has 0 rings (SSSR count). The lowest BCUT2D eigenvalue weighted by atomic mass is 9.93. The summed E-state index contributed by atoms with van der Waals surface area (Å²) < 4.78 is 5.24. The van der Waals surface area contributed by atoms with Crippen molar-refractivity contribution in [3.63, 3.8) is 0 Å². The fourth-order valence-corrected chi connectivity index (χ4v) is 0.980. The minimum absolute atomic E-state index is 0.202. The van der Waals surface area contributed by atoms with Crippen LogP contribution >= 0.6 is 0 Å². The first-order chi connectivity index (χ1) is 7.92. The van der Waals surface area contributed by atoms with Gasteiger partial charge in [0.2, 0.25) is 0 Å².